The summed E-state index contributed by atoms with van der Waals surface area (Å²) in [5.74, 6) is -0.621. The van der Waals surface area contributed by atoms with Gasteiger partial charge in [-0.25, -0.2) is 9.59 Å². The Morgan fingerprint density at radius 1 is 1.05 bits per heavy atom. The summed E-state index contributed by atoms with van der Waals surface area (Å²) >= 11 is 0. The number of amides is 2. The number of carbonyl (C=O) groups is 4. The predicted octanol–water partition coefficient (Wildman–Crippen LogP) is 4.02. The number of anilines is 1. The van der Waals surface area contributed by atoms with Crippen molar-refractivity contribution in [2.75, 3.05) is 51.9 Å². The van der Waals surface area contributed by atoms with Crippen LogP contribution in [0.5, 0.6) is 11.5 Å². The van der Waals surface area contributed by atoms with Gasteiger partial charge in [0.05, 0.1) is 31.5 Å². The van der Waals surface area contributed by atoms with Crippen LogP contribution in [0.15, 0.2) is 29.3 Å². The van der Waals surface area contributed by atoms with Gasteiger partial charge in [-0.15, -0.1) is 0 Å². The number of aliphatic carboxylic acids is 1. The number of Topliss-reactive ketones (excluding diaryl/α,β-unsaturated/α-hetero) is 1. The number of ketones is 1. The van der Waals surface area contributed by atoms with Gasteiger partial charge in [0, 0.05) is 43.4 Å². The molecule has 2 aliphatic rings. The second-order valence-corrected chi connectivity index (χ2v) is 11.7. The van der Waals surface area contributed by atoms with Crippen LogP contribution in [0.25, 0.3) is 0 Å². The van der Waals surface area contributed by atoms with Crippen LogP contribution in [-0.2, 0) is 21.5 Å². The highest BCUT2D eigenvalue weighted by molar-refractivity contribution is 6.11. The number of hydrogen-bond donors (Lipinski definition) is 2. The van der Waals surface area contributed by atoms with Gasteiger partial charge in [0.25, 0.3) is 5.91 Å². The van der Waals surface area contributed by atoms with E-state index in [4.69, 9.17) is 14.2 Å². The van der Waals surface area contributed by atoms with E-state index < -0.39 is 24.1 Å². The molecule has 0 unspecified atom stereocenters. The van der Waals surface area contributed by atoms with E-state index in [2.05, 4.69) is 15.2 Å². The van der Waals surface area contributed by atoms with Crippen molar-refractivity contribution >= 4 is 35.3 Å². The minimum absolute atomic E-state index is 0.123. The molecule has 2 heterocycles. The summed E-state index contributed by atoms with van der Waals surface area (Å²) in [5, 5.41) is 11.9. The van der Waals surface area contributed by atoms with Crippen molar-refractivity contribution in [3.63, 3.8) is 0 Å². The van der Waals surface area contributed by atoms with Crippen LogP contribution in [0.2, 0.25) is 0 Å². The van der Waals surface area contributed by atoms with Crippen LogP contribution >= 0.6 is 0 Å². The van der Waals surface area contributed by atoms with Crippen molar-refractivity contribution < 1.29 is 38.5 Å². The normalized spacial score (nSPS) is 15.3. The molecule has 4 rings (SSSR count). The van der Waals surface area contributed by atoms with E-state index in [9.17, 15) is 24.3 Å². The molecule has 236 valence electrons. The van der Waals surface area contributed by atoms with Crippen LogP contribution in [0, 0.1) is 0 Å². The summed E-state index contributed by atoms with van der Waals surface area (Å²) < 4.78 is 16.4. The molecule has 2 aliphatic heterocycles. The topological polar surface area (TPSA) is 147 Å². The molecule has 2 N–H and O–H groups in total. The number of methoxy groups -OCH3 is 1. The number of carboxylic acids is 1. The standard InChI is InChI=1S/C32H40N4O8/c1-7-43-26-14-20-16-36(29(34-31(41)42-6)21(20)15-22(26)30(40)33-5)17-25(37)19-12-23(32(2,3)4)28(44-18-27(38)39)24(13-19)35-10-8-9-11-35/h12-15H,7-11,16-18H2,1-6H3,(H,33,40)(H,38,39). The van der Waals surface area contributed by atoms with Gasteiger partial charge in [-0.1, -0.05) is 20.8 Å². The molecule has 44 heavy (non-hydrogen) atoms. The molecule has 2 amide bonds. The first kappa shape index (κ1) is 32.3. The molecule has 1 fully saturated rings. The van der Waals surface area contributed by atoms with E-state index in [1.165, 1.54) is 14.2 Å². The number of carbonyl (C=O) groups excluding carboxylic acids is 3. The molecule has 1 saturated heterocycles. The Kier molecular flexibility index (Phi) is 9.81. The Balaban J connectivity index is 1.77. The van der Waals surface area contributed by atoms with Gasteiger partial charge in [0.1, 0.15) is 17.3 Å². The molecular formula is C32H40N4O8. The summed E-state index contributed by atoms with van der Waals surface area (Å²) in [4.78, 5) is 58.4. The number of benzene rings is 2. The maximum atomic E-state index is 14.0. The molecule has 0 bridgehead atoms. The van der Waals surface area contributed by atoms with E-state index >= 15 is 0 Å². The Bertz CT molecular complexity index is 1490. The highest BCUT2D eigenvalue weighted by Crippen LogP contribution is 2.42. The summed E-state index contributed by atoms with van der Waals surface area (Å²) in [6.45, 7) is 9.25. The average molecular weight is 609 g/mol. The quantitative estimate of drug-likeness (QED) is 0.379. The summed E-state index contributed by atoms with van der Waals surface area (Å²) in [7, 11) is 2.73. The number of nitrogens with zero attached hydrogens (tertiary/aromatic N) is 3. The number of rotatable bonds is 10. The van der Waals surface area contributed by atoms with Crippen LogP contribution in [0.4, 0.5) is 10.5 Å². The molecule has 12 heteroatoms. The van der Waals surface area contributed by atoms with Gasteiger partial charge in [0.2, 0.25) is 0 Å². The van der Waals surface area contributed by atoms with Crippen molar-refractivity contribution in [3.05, 3.63) is 52.1 Å². The highest BCUT2D eigenvalue weighted by atomic mass is 16.5. The van der Waals surface area contributed by atoms with Crippen molar-refractivity contribution in [3.8, 4) is 11.5 Å². The van der Waals surface area contributed by atoms with Crippen LogP contribution < -0.4 is 19.7 Å². The van der Waals surface area contributed by atoms with Crippen LogP contribution in [0.1, 0.15) is 77.9 Å². The number of nitrogens with one attached hydrogen (secondary N) is 1. The second kappa shape index (κ2) is 13.4. The SMILES string of the molecule is CCOc1cc2c(cc1C(=O)NC)C(=NC(=O)OC)N(CC(=O)c1cc(N3CCCC3)c(OCC(=O)O)c(C(C)(C)C)c1)C2. The first-order valence-electron chi connectivity index (χ1n) is 14.6. The average Bonchev–Trinajstić information content (AvgIpc) is 3.63. The van der Waals surface area contributed by atoms with Crippen LogP contribution in [-0.4, -0.2) is 86.6 Å². The van der Waals surface area contributed by atoms with E-state index in [0.29, 0.717) is 34.9 Å². The lowest BCUT2D eigenvalue weighted by Gasteiger charge is -2.29. The fourth-order valence-corrected chi connectivity index (χ4v) is 5.47. The van der Waals surface area contributed by atoms with E-state index in [-0.39, 0.29) is 36.2 Å². The number of amidine groups is 1. The largest absolute Gasteiger partial charge is 0.493 e. The fourth-order valence-electron chi connectivity index (χ4n) is 5.47. The van der Waals surface area contributed by atoms with E-state index in [1.54, 1.807) is 29.2 Å². The van der Waals surface area contributed by atoms with Gasteiger partial charge in [-0.2, -0.15) is 4.99 Å². The molecule has 2 aromatic carbocycles. The van der Waals surface area contributed by atoms with Crippen molar-refractivity contribution in [2.45, 2.75) is 52.5 Å². The zero-order chi connectivity index (χ0) is 32.2. The number of aliphatic imine (C=N–C) groups is 1. The summed E-state index contributed by atoms with van der Waals surface area (Å²) in [5.41, 5.74) is 2.90. The first-order valence-corrected chi connectivity index (χ1v) is 14.6. The van der Waals surface area contributed by atoms with Crippen molar-refractivity contribution in [2.24, 2.45) is 4.99 Å². The maximum absolute atomic E-state index is 14.0. The monoisotopic (exact) mass is 608 g/mol. The number of ether oxygens (including phenoxy) is 3. The Hall–Kier alpha value is -4.61. The molecule has 0 aliphatic carbocycles. The molecule has 0 spiro atoms. The lowest BCUT2D eigenvalue weighted by molar-refractivity contribution is -0.139. The molecular weight excluding hydrogens is 568 g/mol. The molecule has 0 saturated carbocycles. The molecule has 0 atom stereocenters. The van der Waals surface area contributed by atoms with Gasteiger partial charge >= 0.3 is 12.1 Å². The Morgan fingerprint density at radius 3 is 2.34 bits per heavy atom. The summed E-state index contributed by atoms with van der Waals surface area (Å²) in [6.07, 6.45) is 1.11. The molecule has 0 radical (unpaired) electrons. The number of hydrogen-bond acceptors (Lipinski definition) is 8. The molecule has 0 aromatic heterocycles. The van der Waals surface area contributed by atoms with Gasteiger partial charge in [0.15, 0.2) is 12.4 Å². The highest BCUT2D eigenvalue weighted by Gasteiger charge is 2.33. The fraction of sp³-hybridized carbons (Fsp3) is 0.469. The smallest absolute Gasteiger partial charge is 0.435 e. The second-order valence-electron chi connectivity index (χ2n) is 11.7. The lowest BCUT2D eigenvalue weighted by Crippen LogP contribution is -2.32. The van der Waals surface area contributed by atoms with Crippen molar-refractivity contribution in [1.82, 2.24) is 10.2 Å². The molecule has 2 aromatic rings. The third kappa shape index (κ3) is 6.95. The Morgan fingerprint density at radius 2 is 1.75 bits per heavy atom. The zero-order valence-electron chi connectivity index (χ0n) is 26.1. The third-order valence-corrected chi connectivity index (χ3v) is 7.57. The number of fused-ring (bicyclic) bond motifs is 1. The molecule has 12 nitrogen and oxygen atoms in total. The Labute approximate surface area is 257 Å². The summed E-state index contributed by atoms with van der Waals surface area (Å²) in [6, 6.07) is 6.87. The van der Waals surface area contributed by atoms with E-state index in [0.717, 1.165) is 37.1 Å². The van der Waals surface area contributed by atoms with Crippen LogP contribution in [0.3, 0.4) is 0 Å². The number of carboxylic acid groups (broad SMARTS) is 1. The third-order valence-electron chi connectivity index (χ3n) is 7.57. The maximum Gasteiger partial charge on any atom is 0.435 e. The predicted molar refractivity (Wildman–Crippen MR) is 164 cm³/mol. The first-order chi connectivity index (χ1) is 20.9. The van der Waals surface area contributed by atoms with Gasteiger partial charge in [-0.05, 0) is 55.0 Å². The zero-order valence-corrected chi connectivity index (χ0v) is 26.1. The minimum atomic E-state index is -1.09. The lowest BCUT2D eigenvalue weighted by atomic mass is 9.84. The van der Waals surface area contributed by atoms with Gasteiger partial charge in [-0.3, -0.25) is 9.59 Å². The van der Waals surface area contributed by atoms with Gasteiger partial charge < -0.3 is 34.4 Å². The van der Waals surface area contributed by atoms with E-state index in [1.807, 2.05) is 27.7 Å². The van der Waals surface area contributed by atoms with Crippen molar-refractivity contribution in [1.29, 1.82) is 0 Å². The minimum Gasteiger partial charge on any atom is -0.493 e.